The number of piperidine rings is 1. The number of likely N-dealkylation sites (tertiary alicyclic amines) is 1. The maximum atomic E-state index is 13.6. The standard InChI is InChI=1S/C24H38N4O4/c1-19(18-31-4)26-14-11-24(12-15-26)22(29)27(17-16-25(2)3)23(30)28(24)13-10-20-6-8-21(32-5)9-7-20/h6-9,19H,10-18H2,1-5H3/t19-/m0/s1. The molecule has 1 aromatic carbocycles. The lowest BCUT2D eigenvalue weighted by Gasteiger charge is -2.44. The molecule has 32 heavy (non-hydrogen) atoms. The Morgan fingerprint density at radius 3 is 2.28 bits per heavy atom. The van der Waals surface area contributed by atoms with Crippen LogP contribution in [0.4, 0.5) is 4.79 Å². The largest absolute Gasteiger partial charge is 0.497 e. The van der Waals surface area contributed by atoms with Crippen LogP contribution in [-0.2, 0) is 16.0 Å². The Morgan fingerprint density at radius 1 is 1.06 bits per heavy atom. The Bertz CT molecular complexity index is 775. The fourth-order valence-electron chi connectivity index (χ4n) is 4.79. The van der Waals surface area contributed by atoms with Crippen molar-refractivity contribution in [2.75, 3.05) is 67.6 Å². The summed E-state index contributed by atoms with van der Waals surface area (Å²) in [7, 11) is 7.27. The zero-order chi connectivity index (χ0) is 23.3. The first-order chi connectivity index (χ1) is 15.3. The lowest BCUT2D eigenvalue weighted by molar-refractivity contribution is -0.136. The molecule has 8 heteroatoms. The van der Waals surface area contributed by atoms with Gasteiger partial charge in [0.05, 0.1) is 13.7 Å². The van der Waals surface area contributed by atoms with Crippen LogP contribution in [0, 0.1) is 0 Å². The van der Waals surface area contributed by atoms with E-state index in [9.17, 15) is 9.59 Å². The number of likely N-dealkylation sites (N-methyl/N-ethyl adjacent to an activating group) is 1. The molecule has 0 radical (unpaired) electrons. The molecule has 3 amide bonds. The Balaban J connectivity index is 1.77. The van der Waals surface area contributed by atoms with Crippen molar-refractivity contribution in [1.82, 2.24) is 19.6 Å². The van der Waals surface area contributed by atoms with E-state index < -0.39 is 5.54 Å². The summed E-state index contributed by atoms with van der Waals surface area (Å²) in [6, 6.07) is 8.05. The summed E-state index contributed by atoms with van der Waals surface area (Å²) < 4.78 is 10.6. The van der Waals surface area contributed by atoms with Gasteiger partial charge in [0.1, 0.15) is 11.3 Å². The van der Waals surface area contributed by atoms with Crippen LogP contribution in [0.15, 0.2) is 24.3 Å². The van der Waals surface area contributed by atoms with E-state index >= 15 is 0 Å². The average Bonchev–Trinajstić information content (AvgIpc) is 2.97. The van der Waals surface area contributed by atoms with Gasteiger partial charge in [0, 0.05) is 45.9 Å². The van der Waals surface area contributed by atoms with Crippen LogP contribution in [0.2, 0.25) is 0 Å². The van der Waals surface area contributed by atoms with Gasteiger partial charge in [0.2, 0.25) is 0 Å². The number of methoxy groups -OCH3 is 2. The quantitative estimate of drug-likeness (QED) is 0.512. The Labute approximate surface area is 192 Å². The van der Waals surface area contributed by atoms with Crippen molar-refractivity contribution >= 4 is 11.9 Å². The van der Waals surface area contributed by atoms with E-state index in [1.54, 1.807) is 14.2 Å². The molecule has 2 saturated heterocycles. The molecule has 2 aliphatic rings. The molecule has 3 rings (SSSR count). The number of hydrogen-bond donors (Lipinski definition) is 0. The highest BCUT2D eigenvalue weighted by Gasteiger charge is 2.57. The molecule has 0 unspecified atom stereocenters. The summed E-state index contributed by atoms with van der Waals surface area (Å²) in [5, 5.41) is 0. The van der Waals surface area contributed by atoms with Gasteiger partial charge in [-0.05, 0) is 58.0 Å². The number of carbonyl (C=O) groups excluding carboxylic acids is 2. The molecule has 0 saturated carbocycles. The second-order valence-electron chi connectivity index (χ2n) is 9.16. The highest BCUT2D eigenvalue weighted by atomic mass is 16.5. The summed E-state index contributed by atoms with van der Waals surface area (Å²) in [4.78, 5) is 34.7. The molecule has 0 aromatic heterocycles. The van der Waals surface area contributed by atoms with E-state index in [1.807, 2.05) is 48.2 Å². The van der Waals surface area contributed by atoms with Crippen molar-refractivity contribution in [3.8, 4) is 5.75 Å². The maximum absolute atomic E-state index is 13.6. The molecule has 2 fully saturated rings. The first-order valence-electron chi connectivity index (χ1n) is 11.5. The van der Waals surface area contributed by atoms with Gasteiger partial charge in [0.15, 0.2) is 0 Å². The molecule has 178 valence electrons. The van der Waals surface area contributed by atoms with Gasteiger partial charge in [-0.1, -0.05) is 12.1 Å². The summed E-state index contributed by atoms with van der Waals surface area (Å²) in [5.74, 6) is 0.781. The molecular weight excluding hydrogens is 408 g/mol. The number of amides is 3. The first-order valence-corrected chi connectivity index (χ1v) is 11.5. The van der Waals surface area contributed by atoms with Gasteiger partial charge in [0.25, 0.3) is 5.91 Å². The summed E-state index contributed by atoms with van der Waals surface area (Å²) in [6.07, 6.45) is 2.02. The van der Waals surface area contributed by atoms with Gasteiger partial charge in [-0.25, -0.2) is 4.79 Å². The topological polar surface area (TPSA) is 65.6 Å². The van der Waals surface area contributed by atoms with Gasteiger partial charge in [-0.3, -0.25) is 14.6 Å². The maximum Gasteiger partial charge on any atom is 0.327 e. The molecule has 2 heterocycles. The van der Waals surface area contributed by atoms with Gasteiger partial charge >= 0.3 is 6.03 Å². The first kappa shape index (κ1) is 24.5. The average molecular weight is 447 g/mol. The van der Waals surface area contributed by atoms with Crippen LogP contribution in [0.1, 0.15) is 25.3 Å². The number of nitrogens with zero attached hydrogens (tertiary/aromatic N) is 4. The fourth-order valence-corrected chi connectivity index (χ4v) is 4.79. The van der Waals surface area contributed by atoms with Crippen LogP contribution in [0.25, 0.3) is 0 Å². The minimum absolute atomic E-state index is 0.0295. The predicted octanol–water partition coefficient (Wildman–Crippen LogP) is 1.93. The fraction of sp³-hybridized carbons (Fsp3) is 0.667. The van der Waals surface area contributed by atoms with Crippen LogP contribution in [0.5, 0.6) is 5.75 Å². The summed E-state index contributed by atoms with van der Waals surface area (Å²) >= 11 is 0. The molecule has 1 atom stereocenters. The van der Waals surface area contributed by atoms with Crippen molar-refractivity contribution in [3.63, 3.8) is 0 Å². The third kappa shape index (κ3) is 5.08. The second-order valence-corrected chi connectivity index (χ2v) is 9.16. The molecule has 0 aliphatic carbocycles. The third-order valence-corrected chi connectivity index (χ3v) is 6.83. The van der Waals surface area contributed by atoms with Crippen molar-refractivity contribution in [3.05, 3.63) is 29.8 Å². The Kier molecular flexibility index (Phi) is 8.14. The van der Waals surface area contributed by atoms with E-state index in [0.29, 0.717) is 51.5 Å². The van der Waals surface area contributed by atoms with Crippen LogP contribution >= 0.6 is 0 Å². The number of rotatable bonds is 10. The number of ether oxygens (including phenoxy) is 2. The van der Waals surface area contributed by atoms with Crippen molar-refractivity contribution < 1.29 is 19.1 Å². The number of imide groups is 1. The molecule has 0 N–H and O–H groups in total. The zero-order valence-corrected chi connectivity index (χ0v) is 20.2. The van der Waals surface area contributed by atoms with Crippen molar-refractivity contribution in [1.29, 1.82) is 0 Å². The lowest BCUT2D eigenvalue weighted by Crippen LogP contribution is -2.58. The van der Waals surface area contributed by atoms with Crippen LogP contribution in [-0.4, -0.2) is 111 Å². The predicted molar refractivity (Wildman–Crippen MR) is 124 cm³/mol. The number of hydrogen-bond acceptors (Lipinski definition) is 6. The van der Waals surface area contributed by atoms with E-state index in [-0.39, 0.29) is 11.9 Å². The van der Waals surface area contributed by atoms with Gasteiger partial charge in [-0.15, -0.1) is 0 Å². The van der Waals surface area contributed by atoms with E-state index in [4.69, 9.17) is 9.47 Å². The highest BCUT2D eigenvalue weighted by molar-refractivity contribution is 6.07. The number of benzene rings is 1. The summed E-state index contributed by atoms with van der Waals surface area (Å²) in [5.41, 5.74) is 0.387. The second kappa shape index (κ2) is 10.6. The zero-order valence-electron chi connectivity index (χ0n) is 20.2. The van der Waals surface area contributed by atoms with Crippen LogP contribution in [0.3, 0.4) is 0 Å². The molecule has 2 aliphatic heterocycles. The van der Waals surface area contributed by atoms with Crippen molar-refractivity contribution in [2.24, 2.45) is 0 Å². The molecule has 1 aromatic rings. The van der Waals surface area contributed by atoms with Crippen LogP contribution < -0.4 is 4.74 Å². The molecule has 0 bridgehead atoms. The van der Waals surface area contributed by atoms with E-state index in [2.05, 4.69) is 11.8 Å². The minimum Gasteiger partial charge on any atom is -0.497 e. The monoisotopic (exact) mass is 446 g/mol. The smallest absolute Gasteiger partial charge is 0.327 e. The number of carbonyl (C=O) groups is 2. The molecule has 1 spiro atoms. The number of urea groups is 1. The Hall–Kier alpha value is -2.16. The third-order valence-electron chi connectivity index (χ3n) is 6.83. The minimum atomic E-state index is -0.737. The van der Waals surface area contributed by atoms with Gasteiger partial charge < -0.3 is 19.3 Å². The molecule has 8 nitrogen and oxygen atoms in total. The normalized spacial score (nSPS) is 19.9. The lowest BCUT2D eigenvalue weighted by atomic mass is 9.85. The van der Waals surface area contributed by atoms with E-state index in [1.165, 1.54) is 4.90 Å². The Morgan fingerprint density at radius 2 is 1.72 bits per heavy atom. The SMILES string of the molecule is COC[C@H](C)N1CCC2(CC1)C(=O)N(CCN(C)C)C(=O)N2CCc1ccc(OC)cc1. The highest BCUT2D eigenvalue weighted by Crippen LogP contribution is 2.38. The van der Waals surface area contributed by atoms with Crippen molar-refractivity contribution in [2.45, 2.75) is 37.8 Å². The summed E-state index contributed by atoms with van der Waals surface area (Å²) in [6.45, 7) is 5.99. The van der Waals surface area contributed by atoms with Gasteiger partial charge in [-0.2, -0.15) is 0 Å². The van der Waals surface area contributed by atoms with E-state index in [0.717, 1.165) is 24.4 Å². The molecular formula is C24H38N4O4.